The number of hydrogen-bond donors (Lipinski definition) is 1. The molecule has 0 aromatic heterocycles. The Kier molecular flexibility index (Phi) is 9.14. The Balaban J connectivity index is 6.36. The van der Waals surface area contributed by atoms with Crippen molar-refractivity contribution in [3.8, 4) is 0 Å². The first kappa shape index (κ1) is 31.8. The third-order valence-corrected chi connectivity index (χ3v) is 4.87. The van der Waals surface area contributed by atoms with Crippen molar-refractivity contribution in [1.29, 1.82) is 0 Å². The minimum atomic E-state index is -8.29. The number of aliphatic hydroxyl groups is 1. The summed E-state index contributed by atoms with van der Waals surface area (Å²) in [6.07, 6.45) is -13.9. The highest BCUT2D eigenvalue weighted by Crippen LogP contribution is 2.64. The molecule has 1 atom stereocenters. The van der Waals surface area contributed by atoms with Crippen LogP contribution in [0, 0.1) is 0 Å². The van der Waals surface area contributed by atoms with Gasteiger partial charge in [0.25, 0.3) is 5.67 Å². The summed E-state index contributed by atoms with van der Waals surface area (Å²) in [7, 11) is 0. The van der Waals surface area contributed by atoms with Gasteiger partial charge >= 0.3 is 41.7 Å². The first-order valence-electron chi connectivity index (χ1n) is 9.00. The molecule has 0 fully saturated rings. The van der Waals surface area contributed by atoms with Crippen LogP contribution in [0.4, 0.5) is 70.2 Å². The largest absolute Gasteiger partial charge is 0.428 e. The van der Waals surface area contributed by atoms with E-state index in [1.165, 1.54) is 0 Å². The fourth-order valence-electron chi connectivity index (χ4n) is 2.64. The second kappa shape index (κ2) is 9.47. The van der Waals surface area contributed by atoms with Gasteiger partial charge in [-0.05, 0) is 19.3 Å². The number of hydrogen-bond acceptors (Lipinski definition) is 1. The molecule has 1 nitrogen and oxygen atoms in total. The van der Waals surface area contributed by atoms with Gasteiger partial charge in [-0.2, -0.15) is 65.9 Å². The first-order valence-corrected chi connectivity index (χ1v) is 9.00. The van der Waals surface area contributed by atoms with Crippen molar-refractivity contribution in [3.05, 3.63) is 0 Å². The van der Waals surface area contributed by atoms with E-state index >= 15 is 0 Å². The fourth-order valence-corrected chi connectivity index (χ4v) is 2.64. The van der Waals surface area contributed by atoms with Crippen molar-refractivity contribution in [2.75, 3.05) is 6.61 Å². The maximum absolute atomic E-state index is 13.7. The van der Waals surface area contributed by atoms with Gasteiger partial charge in [0, 0.05) is 13.0 Å². The number of unbranched alkanes of at least 4 members (excludes halogenated alkanes) is 3. The summed E-state index contributed by atoms with van der Waals surface area (Å²) in [5, 5.41) is 8.44. The predicted octanol–water partition coefficient (Wildman–Crippen LogP) is 7.42. The Hall–Kier alpha value is -1.16. The van der Waals surface area contributed by atoms with Gasteiger partial charge in [0.1, 0.15) is 0 Å². The highest BCUT2D eigenvalue weighted by molar-refractivity contribution is 5.16. The van der Waals surface area contributed by atoms with Gasteiger partial charge in [-0.1, -0.05) is 19.8 Å². The lowest BCUT2D eigenvalue weighted by molar-refractivity contribution is -0.447. The summed E-state index contributed by atoms with van der Waals surface area (Å²) >= 11 is 0. The molecule has 0 amide bonds. The molecule has 0 saturated heterocycles. The van der Waals surface area contributed by atoms with E-state index in [0.29, 0.717) is 0 Å². The van der Waals surface area contributed by atoms with Crippen molar-refractivity contribution >= 4 is 0 Å². The third-order valence-electron chi connectivity index (χ3n) is 4.87. The molecule has 0 aromatic rings. The topological polar surface area (TPSA) is 20.2 Å². The second-order valence-corrected chi connectivity index (χ2v) is 7.12. The summed E-state index contributed by atoms with van der Waals surface area (Å²) in [5.74, 6) is -46.1. The zero-order valence-corrected chi connectivity index (χ0v) is 16.4. The normalized spacial score (nSPS) is 17.3. The lowest BCUT2D eigenvalue weighted by Crippen LogP contribution is -2.75. The van der Waals surface area contributed by atoms with Gasteiger partial charge in [0.05, 0.1) is 0 Å². The van der Waals surface area contributed by atoms with Crippen LogP contribution in [-0.4, -0.2) is 59.1 Å². The van der Waals surface area contributed by atoms with Gasteiger partial charge in [0.2, 0.25) is 0 Å². The summed E-state index contributed by atoms with van der Waals surface area (Å²) in [5.41, 5.74) is -6.62. The fraction of sp³-hybridized carbons (Fsp3) is 1.00. The van der Waals surface area contributed by atoms with Crippen LogP contribution < -0.4 is 0 Å². The van der Waals surface area contributed by atoms with E-state index in [1.807, 2.05) is 0 Å². The Labute approximate surface area is 176 Å². The molecular formula is C16H18F16O. The van der Waals surface area contributed by atoms with Crippen LogP contribution in [0.5, 0.6) is 0 Å². The van der Waals surface area contributed by atoms with Crippen LogP contribution in [0.1, 0.15) is 45.4 Å². The van der Waals surface area contributed by atoms with Crippen LogP contribution in [0.3, 0.4) is 0 Å². The molecule has 1 N–H and O–H groups in total. The smallest absolute Gasteiger partial charge is 0.396 e. The molecule has 0 rings (SSSR count). The number of aliphatic hydroxyl groups excluding tert-OH is 1. The number of rotatable bonds is 13. The summed E-state index contributed by atoms with van der Waals surface area (Å²) in [4.78, 5) is 0. The summed E-state index contributed by atoms with van der Waals surface area (Å²) in [6, 6.07) is 0. The average Bonchev–Trinajstić information content (AvgIpc) is 2.65. The zero-order valence-electron chi connectivity index (χ0n) is 16.4. The molecule has 0 aliphatic carbocycles. The van der Waals surface area contributed by atoms with Gasteiger partial charge in [-0.25, -0.2) is 4.39 Å². The van der Waals surface area contributed by atoms with E-state index in [2.05, 4.69) is 0 Å². The molecule has 1 unspecified atom stereocenters. The van der Waals surface area contributed by atoms with Crippen LogP contribution in [-0.2, 0) is 0 Å². The third kappa shape index (κ3) is 4.83. The number of alkyl halides is 16. The molecule has 33 heavy (non-hydrogen) atoms. The van der Waals surface area contributed by atoms with Crippen molar-refractivity contribution in [2.24, 2.45) is 0 Å². The van der Waals surface area contributed by atoms with Crippen molar-refractivity contribution in [2.45, 2.75) is 92.8 Å². The van der Waals surface area contributed by atoms with Crippen LogP contribution >= 0.6 is 0 Å². The monoisotopic (exact) mass is 530 g/mol. The molecule has 0 aromatic carbocycles. The van der Waals surface area contributed by atoms with E-state index in [-0.39, 0.29) is 19.8 Å². The van der Waals surface area contributed by atoms with E-state index < -0.39 is 79.7 Å². The van der Waals surface area contributed by atoms with Gasteiger partial charge in [-0.15, -0.1) is 0 Å². The Morgan fingerprint density at radius 2 is 0.848 bits per heavy atom. The summed E-state index contributed by atoms with van der Waals surface area (Å²) in [6.45, 7) is -0.709. The van der Waals surface area contributed by atoms with Crippen LogP contribution in [0.25, 0.3) is 0 Å². The molecule has 0 spiro atoms. The first-order chi connectivity index (χ1) is 14.4. The lowest BCUT2D eigenvalue weighted by atomic mass is 9.82. The molecule has 0 bridgehead atoms. The number of halogens is 16. The van der Waals surface area contributed by atoms with E-state index in [9.17, 15) is 70.2 Å². The predicted molar refractivity (Wildman–Crippen MR) is 80.0 cm³/mol. The molecule has 0 heterocycles. The van der Waals surface area contributed by atoms with Crippen molar-refractivity contribution in [3.63, 3.8) is 0 Å². The minimum absolute atomic E-state index is 0.0703. The van der Waals surface area contributed by atoms with Crippen LogP contribution in [0.2, 0.25) is 0 Å². The highest BCUT2D eigenvalue weighted by Gasteiger charge is 2.93. The van der Waals surface area contributed by atoms with Crippen LogP contribution in [0.15, 0.2) is 0 Å². The Morgan fingerprint density at radius 3 is 1.21 bits per heavy atom. The lowest BCUT2D eigenvalue weighted by Gasteiger charge is -2.44. The average molecular weight is 530 g/mol. The summed E-state index contributed by atoms with van der Waals surface area (Å²) < 4.78 is 215. The Bertz CT molecular complexity index is 641. The second-order valence-electron chi connectivity index (χ2n) is 7.12. The van der Waals surface area contributed by atoms with Gasteiger partial charge in [0.15, 0.2) is 0 Å². The molecule has 17 heteroatoms. The molecule has 0 radical (unpaired) electrons. The zero-order chi connectivity index (χ0) is 26.9. The highest BCUT2D eigenvalue weighted by atomic mass is 19.4. The molecule has 0 aliphatic heterocycles. The van der Waals surface area contributed by atoms with Gasteiger partial charge in [-0.3, -0.25) is 0 Å². The molecule has 0 saturated carbocycles. The Morgan fingerprint density at radius 1 is 0.485 bits per heavy atom. The van der Waals surface area contributed by atoms with E-state index in [1.54, 1.807) is 0 Å². The molecular weight excluding hydrogens is 512 g/mol. The standard InChI is InChI=1S/C16H18F16O/c1-2-9(17,16(30,31)32)11(20,21)13(24,25)15(28,29)14(26,27)12(22,23)10(18,19)7-5-3-4-6-8-33/h33H,2-8H2,1H3. The van der Waals surface area contributed by atoms with E-state index in [4.69, 9.17) is 5.11 Å². The quantitative estimate of drug-likeness (QED) is 0.194. The molecule has 0 aliphatic rings. The minimum Gasteiger partial charge on any atom is -0.396 e. The van der Waals surface area contributed by atoms with E-state index in [0.717, 1.165) is 0 Å². The SMILES string of the molecule is CCC(F)(C(F)(F)F)C(F)(F)C(F)(F)C(F)(F)C(F)(F)C(F)(F)C(F)(F)CCCCCCO. The maximum atomic E-state index is 13.7. The van der Waals surface area contributed by atoms with Gasteiger partial charge < -0.3 is 5.11 Å². The van der Waals surface area contributed by atoms with Crippen molar-refractivity contribution in [1.82, 2.24) is 0 Å². The van der Waals surface area contributed by atoms with Crippen molar-refractivity contribution < 1.29 is 75.4 Å². The molecule has 200 valence electrons. The maximum Gasteiger partial charge on any atom is 0.428 e.